The van der Waals surface area contributed by atoms with Crippen LogP contribution >= 0.6 is 22.9 Å². The molecule has 4 nitrogen and oxygen atoms in total. The van der Waals surface area contributed by atoms with Gasteiger partial charge in [0, 0.05) is 22.3 Å². The fourth-order valence-corrected chi connectivity index (χ4v) is 4.58. The number of rotatable bonds is 2. The molecular formula is C20H12ClF2NO3S. The molecule has 2 aromatic carbocycles. The van der Waals surface area contributed by atoms with Gasteiger partial charge >= 0.3 is 0 Å². The first-order chi connectivity index (χ1) is 13.3. The topological polar surface area (TPSA) is 66.4 Å². The van der Waals surface area contributed by atoms with E-state index < -0.39 is 28.9 Å². The number of carbonyl (C=O) groups is 2. The van der Waals surface area contributed by atoms with E-state index in [2.05, 4.69) is 5.32 Å². The summed E-state index contributed by atoms with van der Waals surface area (Å²) in [4.78, 5) is 25.6. The number of fused-ring (bicyclic) bond motifs is 1. The predicted molar refractivity (Wildman–Crippen MR) is 103 cm³/mol. The Bertz CT molecular complexity index is 1150. The number of ketones is 1. The second kappa shape index (κ2) is 6.39. The minimum Gasteiger partial charge on any atom is -0.507 e. The van der Waals surface area contributed by atoms with E-state index in [4.69, 9.17) is 11.6 Å². The van der Waals surface area contributed by atoms with Crippen LogP contribution in [-0.2, 0) is 10.5 Å². The largest absolute Gasteiger partial charge is 0.507 e. The van der Waals surface area contributed by atoms with Crippen LogP contribution in [0.1, 0.15) is 21.5 Å². The van der Waals surface area contributed by atoms with E-state index in [9.17, 15) is 19.1 Å². The van der Waals surface area contributed by atoms with Gasteiger partial charge in [-0.25, -0.2) is 8.78 Å². The summed E-state index contributed by atoms with van der Waals surface area (Å²) in [6, 6.07) is 9.74. The monoisotopic (exact) mass is 419 g/mol. The highest BCUT2D eigenvalue weighted by Crippen LogP contribution is 2.51. The Labute approximate surface area is 167 Å². The highest BCUT2D eigenvalue weighted by atomic mass is 35.5. The van der Waals surface area contributed by atoms with Gasteiger partial charge in [-0.1, -0.05) is 41.9 Å². The van der Waals surface area contributed by atoms with E-state index in [1.807, 2.05) is 0 Å². The molecule has 1 unspecified atom stereocenters. The van der Waals surface area contributed by atoms with Crippen molar-refractivity contribution in [2.45, 2.75) is 12.6 Å². The number of halogens is 3. The number of benzene rings is 2. The van der Waals surface area contributed by atoms with Crippen molar-refractivity contribution in [2.75, 3.05) is 5.32 Å². The second-order valence-electron chi connectivity index (χ2n) is 6.33. The number of aromatic hydroxyl groups is 1. The molecule has 1 amide bonds. The molecule has 28 heavy (non-hydrogen) atoms. The molecule has 1 aliphatic heterocycles. The van der Waals surface area contributed by atoms with Crippen molar-refractivity contribution in [3.05, 3.63) is 69.3 Å². The molecule has 1 aromatic heterocycles. The Kier molecular flexibility index (Phi) is 4.24. The zero-order valence-corrected chi connectivity index (χ0v) is 15.9. The van der Waals surface area contributed by atoms with E-state index in [0.717, 1.165) is 17.4 Å². The smallest absolute Gasteiger partial charge is 0.275 e. The average molecular weight is 420 g/mol. The van der Waals surface area contributed by atoms with Crippen LogP contribution in [0.25, 0.3) is 11.1 Å². The quantitative estimate of drug-likeness (QED) is 0.559. The fraction of sp³-hybridized carbons (Fsp3) is 0.100. The Hall–Kier alpha value is -2.77. The molecule has 142 valence electrons. The maximum Gasteiger partial charge on any atom is 0.275 e. The van der Waals surface area contributed by atoms with Crippen molar-refractivity contribution in [2.24, 2.45) is 0 Å². The SMILES string of the molecule is Cc1c(F)ccc(-c2c(Cl)sc3c2C(=O)C(F)(c2ccccc2)C(=O)N3)c1O. The molecule has 4 rings (SSSR count). The van der Waals surface area contributed by atoms with Crippen LogP contribution < -0.4 is 5.32 Å². The van der Waals surface area contributed by atoms with Crippen LogP contribution in [0.3, 0.4) is 0 Å². The van der Waals surface area contributed by atoms with Gasteiger partial charge in [0.05, 0.1) is 5.56 Å². The molecule has 0 aliphatic carbocycles. The zero-order valence-electron chi connectivity index (χ0n) is 14.3. The van der Waals surface area contributed by atoms with Gasteiger partial charge in [0.15, 0.2) is 0 Å². The van der Waals surface area contributed by atoms with Gasteiger partial charge in [-0.3, -0.25) is 9.59 Å². The summed E-state index contributed by atoms with van der Waals surface area (Å²) in [5.41, 5.74) is -3.10. The Balaban J connectivity index is 1.97. The summed E-state index contributed by atoms with van der Waals surface area (Å²) >= 11 is 7.15. The first-order valence-corrected chi connectivity index (χ1v) is 9.37. The van der Waals surface area contributed by atoms with Gasteiger partial charge in [-0.05, 0) is 19.1 Å². The van der Waals surface area contributed by atoms with Crippen molar-refractivity contribution in [1.82, 2.24) is 0 Å². The molecule has 3 aromatic rings. The number of alkyl halides is 1. The summed E-state index contributed by atoms with van der Waals surface area (Å²) in [7, 11) is 0. The maximum absolute atomic E-state index is 15.8. The van der Waals surface area contributed by atoms with Gasteiger partial charge in [-0.2, -0.15) is 0 Å². The normalized spacial score (nSPS) is 18.7. The van der Waals surface area contributed by atoms with Crippen molar-refractivity contribution in [3.63, 3.8) is 0 Å². The number of Topliss-reactive ketones (excluding diaryl/α,β-unsaturated/α-hetero) is 1. The fourth-order valence-electron chi connectivity index (χ4n) is 3.22. The minimum atomic E-state index is -2.95. The number of phenols is 1. The number of hydrogen-bond acceptors (Lipinski definition) is 4. The highest BCUT2D eigenvalue weighted by Gasteiger charge is 2.54. The van der Waals surface area contributed by atoms with Crippen molar-refractivity contribution in [3.8, 4) is 16.9 Å². The Morgan fingerprint density at radius 2 is 1.79 bits per heavy atom. The maximum atomic E-state index is 15.8. The van der Waals surface area contributed by atoms with Crippen molar-refractivity contribution in [1.29, 1.82) is 0 Å². The van der Waals surface area contributed by atoms with Gasteiger partial charge in [0.2, 0.25) is 5.78 Å². The summed E-state index contributed by atoms with van der Waals surface area (Å²) in [5, 5.41) is 12.9. The van der Waals surface area contributed by atoms with Crippen LogP contribution in [0.4, 0.5) is 13.8 Å². The lowest BCUT2D eigenvalue weighted by Crippen LogP contribution is -2.47. The van der Waals surface area contributed by atoms with Crippen LogP contribution in [-0.4, -0.2) is 16.8 Å². The van der Waals surface area contributed by atoms with Crippen molar-refractivity contribution < 1.29 is 23.5 Å². The van der Waals surface area contributed by atoms with E-state index in [1.165, 1.54) is 37.3 Å². The minimum absolute atomic E-state index is 0.0321. The van der Waals surface area contributed by atoms with E-state index >= 15 is 4.39 Å². The number of carbonyl (C=O) groups excluding carboxylic acids is 2. The summed E-state index contributed by atoms with van der Waals surface area (Å²) in [6.45, 7) is 1.37. The number of anilines is 1. The van der Waals surface area contributed by atoms with Crippen LogP contribution in [0, 0.1) is 12.7 Å². The molecule has 0 radical (unpaired) electrons. The van der Waals surface area contributed by atoms with E-state index in [0.29, 0.717) is 0 Å². The van der Waals surface area contributed by atoms with E-state index in [-0.39, 0.29) is 37.2 Å². The number of thiophene rings is 1. The van der Waals surface area contributed by atoms with Gasteiger partial charge in [0.25, 0.3) is 11.6 Å². The zero-order chi connectivity index (χ0) is 20.2. The highest BCUT2D eigenvalue weighted by molar-refractivity contribution is 7.21. The number of hydrogen-bond donors (Lipinski definition) is 2. The lowest BCUT2D eigenvalue weighted by Gasteiger charge is -2.28. The summed E-state index contributed by atoms with van der Waals surface area (Å²) in [6.07, 6.45) is 0. The predicted octanol–water partition coefficient (Wildman–Crippen LogP) is 5.22. The third-order valence-corrected chi connectivity index (χ3v) is 6.07. The number of phenolic OH excluding ortho intramolecular Hbond substituents is 1. The molecule has 1 aliphatic rings. The molecule has 0 spiro atoms. The van der Waals surface area contributed by atoms with Crippen LogP contribution in [0.2, 0.25) is 4.34 Å². The van der Waals surface area contributed by atoms with Gasteiger partial charge < -0.3 is 10.4 Å². The molecule has 0 fully saturated rings. The van der Waals surface area contributed by atoms with Gasteiger partial charge in [-0.15, -0.1) is 11.3 Å². The molecule has 0 saturated carbocycles. The molecule has 8 heteroatoms. The Morgan fingerprint density at radius 1 is 1.11 bits per heavy atom. The average Bonchev–Trinajstić information content (AvgIpc) is 3.01. The number of amides is 1. The molecule has 1 atom stereocenters. The van der Waals surface area contributed by atoms with Crippen LogP contribution in [0.5, 0.6) is 5.75 Å². The molecule has 2 N–H and O–H groups in total. The summed E-state index contributed by atoms with van der Waals surface area (Å²) in [5.74, 6) is -3.24. The first-order valence-electron chi connectivity index (χ1n) is 8.18. The molecule has 0 saturated heterocycles. The molecule has 2 heterocycles. The first kappa shape index (κ1) is 18.6. The molecular weight excluding hydrogens is 408 g/mol. The third kappa shape index (κ3) is 2.47. The lowest BCUT2D eigenvalue weighted by atomic mass is 9.82. The van der Waals surface area contributed by atoms with E-state index in [1.54, 1.807) is 6.07 Å². The molecule has 0 bridgehead atoms. The Morgan fingerprint density at radius 3 is 2.46 bits per heavy atom. The van der Waals surface area contributed by atoms with Crippen LogP contribution in [0.15, 0.2) is 42.5 Å². The third-order valence-electron chi connectivity index (χ3n) is 4.75. The van der Waals surface area contributed by atoms with Crippen molar-refractivity contribution >= 4 is 39.6 Å². The van der Waals surface area contributed by atoms with Gasteiger partial charge in [0.1, 0.15) is 20.9 Å². The summed E-state index contributed by atoms with van der Waals surface area (Å²) < 4.78 is 29.6. The lowest BCUT2D eigenvalue weighted by molar-refractivity contribution is -0.125. The number of nitrogens with one attached hydrogen (secondary N) is 1. The second-order valence-corrected chi connectivity index (χ2v) is 7.95. The standard InChI is InChI=1S/C20H12ClF2NO3S/c1-9-12(22)8-7-11(15(9)25)13-14-16(26)20(23,10-5-3-2-4-6-10)19(27)24-18(14)28-17(13)21/h2-8,25H,1H3,(H,24,27).